The van der Waals surface area contributed by atoms with Crippen LogP contribution in [0.25, 0.3) is 11.1 Å². The Balaban J connectivity index is 2.28. The first-order valence-electron chi connectivity index (χ1n) is 5.44. The van der Waals surface area contributed by atoms with Crippen molar-refractivity contribution in [3.63, 3.8) is 0 Å². The van der Waals surface area contributed by atoms with Crippen LogP contribution in [0.1, 0.15) is 5.56 Å². The van der Waals surface area contributed by atoms with Crippen LogP contribution >= 0.6 is 0 Å². The maximum Gasteiger partial charge on any atom is 0.229 e. The lowest BCUT2D eigenvalue weighted by Gasteiger charge is -2.06. The number of hydrogen-bond donors (Lipinski definition) is 1. The Kier molecular flexibility index (Phi) is 3.39. The Morgan fingerprint density at radius 2 is 1.67 bits per heavy atom. The minimum atomic E-state index is -3.22. The van der Waals surface area contributed by atoms with Crippen molar-refractivity contribution in [2.24, 2.45) is 0 Å². The molecule has 0 spiro atoms. The van der Waals surface area contributed by atoms with Gasteiger partial charge in [0.25, 0.3) is 0 Å². The standard InChI is InChI=1S/C14H14NO2S/c1-11-4-3-5-13(10-11)12-6-8-14(9-7-12)15-18(2,16)17/h3-10,15H,1H2,2H3. The lowest BCUT2D eigenvalue weighted by Crippen LogP contribution is -2.09. The zero-order valence-electron chi connectivity index (χ0n) is 10.1. The Hall–Kier alpha value is -1.81. The minimum absolute atomic E-state index is 0.562. The number of rotatable bonds is 3. The second-order valence-electron chi connectivity index (χ2n) is 4.15. The third-order valence-electron chi connectivity index (χ3n) is 2.45. The molecule has 2 rings (SSSR count). The first-order valence-corrected chi connectivity index (χ1v) is 7.33. The quantitative estimate of drug-likeness (QED) is 0.922. The summed E-state index contributed by atoms with van der Waals surface area (Å²) in [7, 11) is -3.22. The molecule has 0 amide bonds. The smallest absolute Gasteiger partial charge is 0.229 e. The maximum absolute atomic E-state index is 11.1. The maximum atomic E-state index is 11.1. The van der Waals surface area contributed by atoms with Gasteiger partial charge in [0.2, 0.25) is 10.0 Å². The van der Waals surface area contributed by atoms with Crippen LogP contribution in [0.4, 0.5) is 5.69 Å². The third-order valence-corrected chi connectivity index (χ3v) is 3.05. The van der Waals surface area contributed by atoms with Crippen molar-refractivity contribution in [2.45, 2.75) is 0 Å². The molecule has 4 heteroatoms. The van der Waals surface area contributed by atoms with Crippen molar-refractivity contribution in [1.29, 1.82) is 0 Å². The molecule has 1 N–H and O–H groups in total. The highest BCUT2D eigenvalue weighted by Gasteiger charge is 2.02. The average Bonchev–Trinajstić information content (AvgIpc) is 2.28. The van der Waals surface area contributed by atoms with Gasteiger partial charge < -0.3 is 0 Å². The van der Waals surface area contributed by atoms with Gasteiger partial charge in [-0.05, 0) is 35.7 Å². The monoisotopic (exact) mass is 260 g/mol. The normalized spacial score (nSPS) is 11.2. The first kappa shape index (κ1) is 12.6. The molecule has 0 unspecified atom stereocenters. The molecular formula is C14H14NO2S. The Bertz CT molecular complexity index is 646. The van der Waals surface area contributed by atoms with Crippen molar-refractivity contribution in [2.75, 3.05) is 11.0 Å². The van der Waals surface area contributed by atoms with E-state index in [1.165, 1.54) is 0 Å². The van der Waals surface area contributed by atoms with Crippen molar-refractivity contribution >= 4 is 15.7 Å². The molecule has 2 aromatic carbocycles. The topological polar surface area (TPSA) is 46.2 Å². The lowest BCUT2D eigenvalue weighted by atomic mass is 10.0. The van der Waals surface area contributed by atoms with Gasteiger partial charge >= 0.3 is 0 Å². The lowest BCUT2D eigenvalue weighted by molar-refractivity contribution is 0.607. The summed E-state index contributed by atoms with van der Waals surface area (Å²) < 4.78 is 24.6. The van der Waals surface area contributed by atoms with Crippen LogP contribution in [-0.4, -0.2) is 14.7 Å². The van der Waals surface area contributed by atoms with Gasteiger partial charge in [-0.3, -0.25) is 4.72 Å². The van der Waals surface area contributed by atoms with Gasteiger partial charge in [-0.2, -0.15) is 0 Å². The molecule has 0 bridgehead atoms. The van der Waals surface area contributed by atoms with Crippen LogP contribution in [0.3, 0.4) is 0 Å². The van der Waals surface area contributed by atoms with Gasteiger partial charge in [0.1, 0.15) is 0 Å². The minimum Gasteiger partial charge on any atom is -0.284 e. The molecule has 0 heterocycles. The van der Waals surface area contributed by atoms with Gasteiger partial charge in [-0.1, -0.05) is 36.4 Å². The summed E-state index contributed by atoms with van der Waals surface area (Å²) in [6.45, 7) is 3.88. The van der Waals surface area contributed by atoms with Gasteiger partial charge in [0.05, 0.1) is 6.26 Å². The van der Waals surface area contributed by atoms with Crippen LogP contribution < -0.4 is 4.72 Å². The predicted octanol–water partition coefficient (Wildman–Crippen LogP) is 2.91. The van der Waals surface area contributed by atoms with E-state index in [0.29, 0.717) is 5.69 Å². The third kappa shape index (κ3) is 3.34. The highest BCUT2D eigenvalue weighted by atomic mass is 32.2. The summed E-state index contributed by atoms with van der Waals surface area (Å²) in [5.74, 6) is 0. The average molecular weight is 260 g/mol. The van der Waals surface area contributed by atoms with Crippen molar-refractivity contribution < 1.29 is 8.42 Å². The molecule has 0 fully saturated rings. The van der Waals surface area contributed by atoms with Gasteiger partial charge in [0.15, 0.2) is 0 Å². The molecule has 0 aliphatic rings. The molecule has 18 heavy (non-hydrogen) atoms. The Labute approximate surface area is 108 Å². The molecule has 0 aliphatic carbocycles. The molecular weight excluding hydrogens is 246 g/mol. The van der Waals surface area contributed by atoms with E-state index in [0.717, 1.165) is 22.9 Å². The van der Waals surface area contributed by atoms with Gasteiger partial charge in [-0.15, -0.1) is 0 Å². The van der Waals surface area contributed by atoms with E-state index in [-0.39, 0.29) is 0 Å². The second kappa shape index (κ2) is 4.82. The fourth-order valence-corrected chi connectivity index (χ4v) is 2.26. The molecule has 0 aliphatic heterocycles. The van der Waals surface area contributed by atoms with E-state index in [1.807, 2.05) is 36.4 Å². The molecule has 3 nitrogen and oxygen atoms in total. The highest BCUT2D eigenvalue weighted by Crippen LogP contribution is 2.22. The van der Waals surface area contributed by atoms with Crippen LogP contribution in [0.5, 0.6) is 0 Å². The molecule has 0 saturated heterocycles. The zero-order valence-corrected chi connectivity index (χ0v) is 10.9. The molecule has 93 valence electrons. The Morgan fingerprint density at radius 3 is 2.22 bits per heavy atom. The summed E-state index contributed by atoms with van der Waals surface area (Å²) in [5, 5.41) is 0. The summed E-state index contributed by atoms with van der Waals surface area (Å²) in [6, 6.07) is 15.1. The van der Waals surface area contributed by atoms with Crippen LogP contribution in [0.15, 0.2) is 48.5 Å². The summed E-state index contributed by atoms with van der Waals surface area (Å²) in [5.41, 5.74) is 3.60. The van der Waals surface area contributed by atoms with E-state index in [2.05, 4.69) is 11.6 Å². The molecule has 0 saturated carbocycles. The van der Waals surface area contributed by atoms with E-state index < -0.39 is 10.0 Å². The predicted molar refractivity (Wildman–Crippen MR) is 74.8 cm³/mol. The fraction of sp³-hybridized carbons (Fsp3) is 0.0714. The molecule has 1 radical (unpaired) electrons. The second-order valence-corrected chi connectivity index (χ2v) is 5.90. The number of hydrogen-bond acceptors (Lipinski definition) is 2. The SMILES string of the molecule is [CH2]c1cccc(-c2ccc(NS(C)(=O)=O)cc2)c1. The van der Waals surface area contributed by atoms with Crippen LogP contribution in [0, 0.1) is 6.92 Å². The summed E-state index contributed by atoms with van der Waals surface area (Å²) in [6.07, 6.45) is 1.13. The summed E-state index contributed by atoms with van der Waals surface area (Å²) in [4.78, 5) is 0. The van der Waals surface area contributed by atoms with Gasteiger partial charge in [-0.25, -0.2) is 8.42 Å². The molecule has 0 atom stereocenters. The highest BCUT2D eigenvalue weighted by molar-refractivity contribution is 7.92. The van der Waals surface area contributed by atoms with Crippen LogP contribution in [-0.2, 0) is 10.0 Å². The summed E-state index contributed by atoms with van der Waals surface area (Å²) >= 11 is 0. The van der Waals surface area contributed by atoms with E-state index in [1.54, 1.807) is 12.1 Å². The molecule has 0 aromatic heterocycles. The van der Waals surface area contributed by atoms with E-state index >= 15 is 0 Å². The largest absolute Gasteiger partial charge is 0.284 e. The fourth-order valence-electron chi connectivity index (χ4n) is 1.70. The van der Waals surface area contributed by atoms with Crippen molar-refractivity contribution in [1.82, 2.24) is 0 Å². The first-order chi connectivity index (χ1) is 8.44. The number of sulfonamides is 1. The Morgan fingerprint density at radius 1 is 1.00 bits per heavy atom. The van der Waals surface area contributed by atoms with Gasteiger partial charge in [0, 0.05) is 5.69 Å². The molecule has 2 aromatic rings. The number of anilines is 1. The zero-order chi connectivity index (χ0) is 13.2. The van der Waals surface area contributed by atoms with Crippen LogP contribution in [0.2, 0.25) is 0 Å². The van der Waals surface area contributed by atoms with E-state index in [4.69, 9.17) is 0 Å². The van der Waals surface area contributed by atoms with Crippen molar-refractivity contribution in [3.05, 3.63) is 61.0 Å². The number of nitrogens with one attached hydrogen (secondary N) is 1. The van der Waals surface area contributed by atoms with Crippen molar-refractivity contribution in [3.8, 4) is 11.1 Å². The number of benzene rings is 2. The van der Waals surface area contributed by atoms with E-state index in [9.17, 15) is 8.42 Å².